The van der Waals surface area contributed by atoms with Crippen LogP contribution in [-0.4, -0.2) is 33.0 Å². The molecule has 2 N–H and O–H groups in total. The fourth-order valence-electron chi connectivity index (χ4n) is 2.72. The zero-order valence-corrected chi connectivity index (χ0v) is 15.0. The van der Waals surface area contributed by atoms with Crippen molar-refractivity contribution in [3.05, 3.63) is 36.7 Å². The number of piperidine rings is 1. The zero-order chi connectivity index (χ0) is 14.7. The van der Waals surface area contributed by atoms with Crippen LogP contribution in [0, 0.1) is 5.92 Å². The molecule has 1 saturated heterocycles. The largest absolute Gasteiger partial charge is 0.317 e. The van der Waals surface area contributed by atoms with Crippen LogP contribution in [0.15, 0.2) is 41.6 Å². The molecule has 0 amide bonds. The van der Waals surface area contributed by atoms with Crippen molar-refractivity contribution in [2.24, 2.45) is 5.92 Å². The fourth-order valence-corrected chi connectivity index (χ4v) is 4.06. The van der Waals surface area contributed by atoms with Gasteiger partial charge in [0, 0.05) is 29.7 Å². The van der Waals surface area contributed by atoms with Crippen molar-refractivity contribution < 1.29 is 8.42 Å². The third-order valence-corrected chi connectivity index (χ3v) is 5.43. The summed E-state index contributed by atoms with van der Waals surface area (Å²) in [6.07, 6.45) is 5.33. The van der Waals surface area contributed by atoms with Crippen molar-refractivity contribution in [3.8, 4) is 0 Å². The van der Waals surface area contributed by atoms with Crippen molar-refractivity contribution in [3.63, 3.8) is 0 Å². The second kappa shape index (κ2) is 8.80. The topological polar surface area (TPSA) is 71.1 Å². The minimum atomic E-state index is -3.48. The van der Waals surface area contributed by atoms with E-state index in [-0.39, 0.29) is 24.8 Å². The number of halogens is 2. The number of sulfonamides is 1. The SMILES string of the molecule is Cl.Cl.O=S(=O)(NCC1CCNCC1)c1cccc2cnccc12. The average molecular weight is 378 g/mol. The molecule has 128 valence electrons. The lowest BCUT2D eigenvalue weighted by Gasteiger charge is -2.22. The van der Waals surface area contributed by atoms with Gasteiger partial charge < -0.3 is 5.32 Å². The molecule has 0 atom stereocenters. The van der Waals surface area contributed by atoms with Crippen LogP contribution >= 0.6 is 24.8 Å². The monoisotopic (exact) mass is 377 g/mol. The van der Waals surface area contributed by atoms with Gasteiger partial charge in [0.1, 0.15) is 0 Å². The highest BCUT2D eigenvalue weighted by Gasteiger charge is 2.20. The van der Waals surface area contributed by atoms with E-state index in [1.807, 2.05) is 6.07 Å². The van der Waals surface area contributed by atoms with Crippen LogP contribution in [0.1, 0.15) is 12.8 Å². The molecule has 23 heavy (non-hydrogen) atoms. The standard InChI is InChI=1S/C15H19N3O2S.2ClH/c19-21(20,18-10-12-4-7-16-8-5-12)15-3-1-2-13-11-17-9-6-14(13)15;;/h1-3,6,9,11-12,16,18H,4-5,7-8,10H2;2*1H. The lowest BCUT2D eigenvalue weighted by molar-refractivity contribution is 0.372. The maximum absolute atomic E-state index is 12.5. The van der Waals surface area contributed by atoms with E-state index in [4.69, 9.17) is 0 Å². The molecule has 8 heteroatoms. The average Bonchev–Trinajstić information content (AvgIpc) is 2.53. The van der Waals surface area contributed by atoms with E-state index in [9.17, 15) is 8.42 Å². The van der Waals surface area contributed by atoms with E-state index in [1.54, 1.807) is 30.6 Å². The number of pyridine rings is 1. The van der Waals surface area contributed by atoms with Crippen LogP contribution in [0.5, 0.6) is 0 Å². The molecule has 2 aromatic rings. The first kappa shape index (κ1) is 20.1. The highest BCUT2D eigenvalue weighted by atomic mass is 35.5. The Morgan fingerprint density at radius 3 is 2.65 bits per heavy atom. The normalized spacial score (nSPS) is 15.7. The summed E-state index contributed by atoms with van der Waals surface area (Å²) in [4.78, 5) is 4.36. The predicted octanol–water partition coefficient (Wildman–Crippen LogP) is 2.36. The van der Waals surface area contributed by atoms with Crippen LogP contribution in [0.25, 0.3) is 10.8 Å². The predicted molar refractivity (Wildman–Crippen MR) is 97.0 cm³/mol. The number of rotatable bonds is 4. The summed E-state index contributed by atoms with van der Waals surface area (Å²) in [5, 5.41) is 4.83. The maximum Gasteiger partial charge on any atom is 0.241 e. The van der Waals surface area contributed by atoms with E-state index < -0.39 is 10.0 Å². The van der Waals surface area contributed by atoms with Crippen LogP contribution in [0.4, 0.5) is 0 Å². The molecule has 1 aromatic heterocycles. The van der Waals surface area contributed by atoms with Crippen molar-refractivity contribution in [2.75, 3.05) is 19.6 Å². The van der Waals surface area contributed by atoms with Crippen LogP contribution in [0.2, 0.25) is 0 Å². The number of aromatic nitrogens is 1. The summed E-state index contributed by atoms with van der Waals surface area (Å²) >= 11 is 0. The summed E-state index contributed by atoms with van der Waals surface area (Å²) in [6.45, 7) is 2.43. The highest BCUT2D eigenvalue weighted by molar-refractivity contribution is 7.89. The molecule has 0 spiro atoms. The summed E-state index contributed by atoms with van der Waals surface area (Å²) in [5.41, 5.74) is 0. The molecule has 1 aliphatic rings. The van der Waals surface area contributed by atoms with Gasteiger partial charge in [0.05, 0.1) is 4.90 Å². The molecular weight excluding hydrogens is 357 g/mol. The number of nitrogens with zero attached hydrogens (tertiary/aromatic N) is 1. The fraction of sp³-hybridized carbons (Fsp3) is 0.400. The van der Waals surface area contributed by atoms with Crippen LogP contribution < -0.4 is 10.0 Å². The molecule has 1 aromatic carbocycles. The molecule has 0 saturated carbocycles. The first-order valence-corrected chi connectivity index (χ1v) is 8.68. The molecule has 0 unspecified atom stereocenters. The van der Waals surface area contributed by atoms with Gasteiger partial charge in [0.2, 0.25) is 10.0 Å². The van der Waals surface area contributed by atoms with E-state index >= 15 is 0 Å². The van der Waals surface area contributed by atoms with Gasteiger partial charge in [-0.2, -0.15) is 0 Å². The van der Waals surface area contributed by atoms with Gasteiger partial charge in [0.15, 0.2) is 0 Å². The first-order valence-electron chi connectivity index (χ1n) is 7.20. The van der Waals surface area contributed by atoms with E-state index in [1.165, 1.54) is 0 Å². The van der Waals surface area contributed by atoms with Crippen molar-refractivity contribution in [1.82, 2.24) is 15.0 Å². The molecule has 1 aliphatic heterocycles. The Kier molecular flexibility index (Phi) is 7.70. The zero-order valence-electron chi connectivity index (χ0n) is 12.6. The smallest absolute Gasteiger partial charge is 0.241 e. The second-order valence-electron chi connectivity index (χ2n) is 5.40. The van der Waals surface area contributed by atoms with Gasteiger partial charge in [-0.15, -0.1) is 24.8 Å². The Labute approximate surface area is 149 Å². The lowest BCUT2D eigenvalue weighted by Crippen LogP contribution is -2.36. The van der Waals surface area contributed by atoms with Gasteiger partial charge >= 0.3 is 0 Å². The van der Waals surface area contributed by atoms with Crippen molar-refractivity contribution in [2.45, 2.75) is 17.7 Å². The minimum absolute atomic E-state index is 0. The molecular formula is C15H21Cl2N3O2S. The number of hydrogen-bond donors (Lipinski definition) is 2. The Morgan fingerprint density at radius 1 is 1.17 bits per heavy atom. The van der Waals surface area contributed by atoms with E-state index in [0.717, 1.165) is 31.3 Å². The molecule has 2 heterocycles. The maximum atomic E-state index is 12.5. The summed E-state index contributed by atoms with van der Waals surface area (Å²) in [6, 6.07) is 7.01. The molecule has 5 nitrogen and oxygen atoms in total. The molecule has 0 radical (unpaired) electrons. The Bertz CT molecular complexity index is 729. The van der Waals surface area contributed by atoms with Crippen molar-refractivity contribution >= 4 is 45.6 Å². The van der Waals surface area contributed by atoms with Crippen LogP contribution in [-0.2, 0) is 10.0 Å². The number of nitrogens with one attached hydrogen (secondary N) is 2. The first-order chi connectivity index (χ1) is 10.2. The Morgan fingerprint density at radius 2 is 1.91 bits per heavy atom. The van der Waals surface area contributed by atoms with E-state index in [0.29, 0.717) is 22.7 Å². The van der Waals surface area contributed by atoms with Gasteiger partial charge in [-0.25, -0.2) is 13.1 Å². The molecule has 1 fully saturated rings. The summed E-state index contributed by atoms with van der Waals surface area (Å²) in [5.74, 6) is 0.415. The van der Waals surface area contributed by atoms with Gasteiger partial charge in [-0.1, -0.05) is 12.1 Å². The van der Waals surface area contributed by atoms with Gasteiger partial charge in [0.25, 0.3) is 0 Å². The van der Waals surface area contributed by atoms with Crippen molar-refractivity contribution in [1.29, 1.82) is 0 Å². The lowest BCUT2D eigenvalue weighted by atomic mass is 9.99. The van der Waals surface area contributed by atoms with Gasteiger partial charge in [-0.05, 0) is 44.0 Å². The Hall–Kier alpha value is -0.920. The molecule has 0 aliphatic carbocycles. The highest BCUT2D eigenvalue weighted by Crippen LogP contribution is 2.22. The minimum Gasteiger partial charge on any atom is -0.317 e. The Balaban J connectivity index is 0.00000132. The summed E-state index contributed by atoms with van der Waals surface area (Å²) < 4.78 is 27.8. The quantitative estimate of drug-likeness (QED) is 0.857. The summed E-state index contributed by atoms with van der Waals surface area (Å²) in [7, 11) is -3.48. The third-order valence-electron chi connectivity index (χ3n) is 3.95. The third kappa shape index (κ3) is 4.78. The molecule has 0 bridgehead atoms. The second-order valence-corrected chi connectivity index (χ2v) is 7.13. The number of fused-ring (bicyclic) bond motifs is 1. The van der Waals surface area contributed by atoms with Gasteiger partial charge in [-0.3, -0.25) is 4.98 Å². The molecule has 3 rings (SSSR count). The number of hydrogen-bond acceptors (Lipinski definition) is 4. The van der Waals surface area contributed by atoms with Crippen LogP contribution in [0.3, 0.4) is 0 Å². The van der Waals surface area contributed by atoms with E-state index in [2.05, 4.69) is 15.0 Å². The number of benzene rings is 1.